The van der Waals surface area contributed by atoms with Gasteiger partial charge in [0.2, 0.25) is 5.89 Å². The lowest BCUT2D eigenvalue weighted by atomic mass is 10.1. The molecular weight excluding hydrogens is 276 g/mol. The zero-order valence-electron chi connectivity index (χ0n) is 12.0. The minimum absolute atomic E-state index is 0.0204. The van der Waals surface area contributed by atoms with Gasteiger partial charge in [0.25, 0.3) is 0 Å². The molecule has 7 heteroatoms. The Balaban J connectivity index is 2.64. The third-order valence-corrected chi connectivity index (χ3v) is 2.98. The van der Waals surface area contributed by atoms with E-state index in [4.69, 9.17) is 19.6 Å². The smallest absolute Gasteiger partial charge is 0.358 e. The first-order valence-corrected chi connectivity index (χ1v) is 6.17. The molecule has 1 aromatic heterocycles. The van der Waals surface area contributed by atoms with Gasteiger partial charge < -0.3 is 24.7 Å². The van der Waals surface area contributed by atoms with Crippen LogP contribution in [0.3, 0.4) is 0 Å². The van der Waals surface area contributed by atoms with Crippen molar-refractivity contribution < 1.29 is 23.8 Å². The molecule has 0 aliphatic rings. The molecule has 0 saturated carbocycles. The van der Waals surface area contributed by atoms with E-state index in [1.165, 1.54) is 14.2 Å². The van der Waals surface area contributed by atoms with E-state index >= 15 is 0 Å². The Kier molecular flexibility index (Phi) is 4.13. The Morgan fingerprint density at radius 3 is 2.62 bits per heavy atom. The molecule has 7 nitrogen and oxygen atoms in total. The van der Waals surface area contributed by atoms with Crippen LogP contribution in [0.25, 0.3) is 11.3 Å². The molecule has 0 aliphatic carbocycles. The van der Waals surface area contributed by atoms with Gasteiger partial charge in [-0.15, -0.1) is 0 Å². The monoisotopic (exact) mass is 292 g/mol. The highest BCUT2D eigenvalue weighted by Crippen LogP contribution is 2.37. The lowest BCUT2D eigenvalue weighted by Crippen LogP contribution is -2.01. The lowest BCUT2D eigenvalue weighted by Gasteiger charge is -2.12. The Morgan fingerprint density at radius 1 is 1.38 bits per heavy atom. The van der Waals surface area contributed by atoms with Crippen LogP contribution in [-0.2, 0) is 6.54 Å². The Bertz CT molecular complexity index is 678. The second kappa shape index (κ2) is 5.84. The van der Waals surface area contributed by atoms with Crippen LogP contribution in [0.4, 0.5) is 0 Å². The predicted molar refractivity (Wildman–Crippen MR) is 74.6 cm³/mol. The molecule has 21 heavy (non-hydrogen) atoms. The molecule has 2 aromatic rings. The number of aromatic nitrogens is 1. The molecular formula is C14H16N2O5. The molecule has 0 atom stereocenters. The molecule has 0 spiro atoms. The van der Waals surface area contributed by atoms with Crippen molar-refractivity contribution in [3.05, 3.63) is 29.3 Å². The Labute approximate surface area is 121 Å². The summed E-state index contributed by atoms with van der Waals surface area (Å²) in [5, 5.41) is 9.21. The summed E-state index contributed by atoms with van der Waals surface area (Å²) >= 11 is 0. The SMILES string of the molecule is COc1cc(-c2oc(CN)nc2C(=O)O)cc(C)c1OC. The zero-order chi connectivity index (χ0) is 15.6. The van der Waals surface area contributed by atoms with Gasteiger partial charge in [-0.2, -0.15) is 0 Å². The number of hydrogen-bond acceptors (Lipinski definition) is 6. The minimum Gasteiger partial charge on any atom is -0.493 e. The minimum atomic E-state index is -1.18. The van der Waals surface area contributed by atoms with E-state index in [1.807, 2.05) is 6.92 Å². The highest BCUT2D eigenvalue weighted by molar-refractivity contribution is 5.92. The number of methoxy groups -OCH3 is 2. The molecule has 0 saturated heterocycles. The summed E-state index contributed by atoms with van der Waals surface area (Å²) < 4.78 is 15.9. The number of aryl methyl sites for hydroxylation is 1. The maximum Gasteiger partial charge on any atom is 0.358 e. The number of benzene rings is 1. The number of oxazole rings is 1. The quantitative estimate of drug-likeness (QED) is 0.865. The number of carbonyl (C=O) groups is 1. The number of aromatic carboxylic acids is 1. The van der Waals surface area contributed by atoms with Gasteiger partial charge in [-0.3, -0.25) is 0 Å². The molecule has 0 amide bonds. The van der Waals surface area contributed by atoms with E-state index in [0.717, 1.165) is 5.56 Å². The number of nitrogens with zero attached hydrogens (tertiary/aromatic N) is 1. The molecule has 3 N–H and O–H groups in total. The number of carboxylic acids is 1. The molecule has 0 aliphatic heterocycles. The number of carboxylic acid groups (broad SMARTS) is 1. The van der Waals surface area contributed by atoms with Gasteiger partial charge >= 0.3 is 5.97 Å². The molecule has 0 fully saturated rings. The van der Waals surface area contributed by atoms with Crippen molar-refractivity contribution in [3.63, 3.8) is 0 Å². The maximum absolute atomic E-state index is 11.3. The number of hydrogen-bond donors (Lipinski definition) is 2. The van der Waals surface area contributed by atoms with Gasteiger partial charge in [-0.1, -0.05) is 0 Å². The highest BCUT2D eigenvalue weighted by Gasteiger charge is 2.22. The summed E-state index contributed by atoms with van der Waals surface area (Å²) in [6, 6.07) is 3.38. The van der Waals surface area contributed by atoms with Gasteiger partial charge in [0.05, 0.1) is 20.8 Å². The molecule has 2 rings (SSSR count). The third kappa shape index (κ3) is 2.68. The summed E-state index contributed by atoms with van der Waals surface area (Å²) in [6.45, 7) is 1.85. The van der Waals surface area contributed by atoms with Crippen molar-refractivity contribution in [3.8, 4) is 22.8 Å². The van der Waals surface area contributed by atoms with Crippen LogP contribution < -0.4 is 15.2 Å². The zero-order valence-corrected chi connectivity index (χ0v) is 12.0. The fourth-order valence-corrected chi connectivity index (χ4v) is 2.08. The van der Waals surface area contributed by atoms with Gasteiger partial charge in [-0.05, 0) is 24.6 Å². The summed E-state index contributed by atoms with van der Waals surface area (Å²) in [5.41, 5.74) is 6.59. The maximum atomic E-state index is 11.3. The van der Waals surface area contributed by atoms with Crippen LogP contribution in [0, 0.1) is 6.92 Å². The van der Waals surface area contributed by atoms with Gasteiger partial charge in [0.1, 0.15) is 0 Å². The van der Waals surface area contributed by atoms with E-state index in [1.54, 1.807) is 12.1 Å². The molecule has 1 aromatic carbocycles. The molecule has 0 bridgehead atoms. The second-order valence-corrected chi connectivity index (χ2v) is 4.32. The Hall–Kier alpha value is -2.54. The van der Waals surface area contributed by atoms with Crippen LogP contribution in [-0.4, -0.2) is 30.3 Å². The topological polar surface area (TPSA) is 108 Å². The van der Waals surface area contributed by atoms with Crippen molar-refractivity contribution in [1.29, 1.82) is 0 Å². The third-order valence-electron chi connectivity index (χ3n) is 2.98. The first-order chi connectivity index (χ1) is 10.0. The van der Waals surface area contributed by atoms with Crippen molar-refractivity contribution in [2.24, 2.45) is 5.73 Å². The van der Waals surface area contributed by atoms with Crippen molar-refractivity contribution >= 4 is 5.97 Å². The van der Waals surface area contributed by atoms with Gasteiger partial charge in [0, 0.05) is 5.56 Å². The van der Waals surface area contributed by atoms with Gasteiger partial charge in [-0.25, -0.2) is 9.78 Å². The van der Waals surface area contributed by atoms with E-state index < -0.39 is 5.97 Å². The van der Waals surface area contributed by atoms with Gasteiger partial charge in [0.15, 0.2) is 23.0 Å². The average Bonchev–Trinajstić information content (AvgIpc) is 2.90. The lowest BCUT2D eigenvalue weighted by molar-refractivity contribution is 0.0691. The summed E-state index contributed by atoms with van der Waals surface area (Å²) in [6.07, 6.45) is 0. The normalized spacial score (nSPS) is 10.5. The molecule has 1 heterocycles. The fourth-order valence-electron chi connectivity index (χ4n) is 2.08. The van der Waals surface area contributed by atoms with Crippen molar-refractivity contribution in [1.82, 2.24) is 4.98 Å². The average molecular weight is 292 g/mol. The van der Waals surface area contributed by atoms with E-state index in [9.17, 15) is 9.90 Å². The predicted octanol–water partition coefficient (Wildman–Crippen LogP) is 1.82. The van der Waals surface area contributed by atoms with Crippen molar-refractivity contribution in [2.45, 2.75) is 13.5 Å². The van der Waals surface area contributed by atoms with E-state index in [0.29, 0.717) is 17.1 Å². The number of rotatable bonds is 5. The summed E-state index contributed by atoms with van der Waals surface area (Å²) in [7, 11) is 3.04. The van der Waals surface area contributed by atoms with Crippen LogP contribution in [0.15, 0.2) is 16.5 Å². The van der Waals surface area contributed by atoms with E-state index in [-0.39, 0.29) is 23.9 Å². The first-order valence-electron chi connectivity index (χ1n) is 6.17. The van der Waals surface area contributed by atoms with Crippen LogP contribution in [0.1, 0.15) is 21.9 Å². The second-order valence-electron chi connectivity index (χ2n) is 4.32. The largest absolute Gasteiger partial charge is 0.493 e. The van der Waals surface area contributed by atoms with Crippen LogP contribution in [0.2, 0.25) is 0 Å². The van der Waals surface area contributed by atoms with E-state index in [2.05, 4.69) is 4.98 Å². The Morgan fingerprint density at radius 2 is 2.10 bits per heavy atom. The summed E-state index contributed by atoms with van der Waals surface area (Å²) in [5.74, 6) is 0.189. The number of ether oxygens (including phenoxy) is 2. The number of nitrogens with two attached hydrogens (primary N) is 1. The fraction of sp³-hybridized carbons (Fsp3) is 0.286. The van der Waals surface area contributed by atoms with Crippen LogP contribution >= 0.6 is 0 Å². The standard InChI is InChI=1S/C14H16N2O5/c1-7-4-8(5-9(19-2)12(7)20-3)13-11(14(17)18)16-10(6-15)21-13/h4-5H,6,15H2,1-3H3,(H,17,18). The molecule has 0 radical (unpaired) electrons. The van der Waals surface area contributed by atoms with Crippen molar-refractivity contribution in [2.75, 3.05) is 14.2 Å². The summed E-state index contributed by atoms with van der Waals surface area (Å²) in [4.78, 5) is 15.1. The molecule has 0 unspecified atom stereocenters. The highest BCUT2D eigenvalue weighted by atomic mass is 16.5. The first kappa shape index (κ1) is 14.9. The molecule has 112 valence electrons. The van der Waals surface area contributed by atoms with Crippen LogP contribution in [0.5, 0.6) is 11.5 Å².